The standard InChI is InChI=1S/C30H48O2/c1-3-4-5-6-7-8-9-10-11-12-13-14-15-16-17-21-27-32-30(31)28(2)23-22-26-29-24-19-18-20-25-29/h18-20,22-26H,3-17,21,27H2,1-2H3. The molecule has 0 bridgehead atoms. The zero-order chi connectivity index (χ0) is 23.1. The molecule has 0 unspecified atom stereocenters. The maximum atomic E-state index is 12.0. The van der Waals surface area contributed by atoms with Crippen molar-refractivity contribution in [2.75, 3.05) is 6.61 Å². The summed E-state index contributed by atoms with van der Waals surface area (Å²) in [6, 6.07) is 10.1. The molecule has 0 radical (unpaired) electrons. The summed E-state index contributed by atoms with van der Waals surface area (Å²) in [4.78, 5) is 12.0. The summed E-state index contributed by atoms with van der Waals surface area (Å²) in [5.74, 6) is -0.205. The number of carbonyl (C=O) groups is 1. The van der Waals surface area contributed by atoms with Crippen molar-refractivity contribution in [2.24, 2.45) is 0 Å². The number of unbranched alkanes of at least 4 members (excludes halogenated alkanes) is 15. The van der Waals surface area contributed by atoms with Crippen molar-refractivity contribution in [3.8, 4) is 0 Å². The summed E-state index contributed by atoms with van der Waals surface area (Å²) < 4.78 is 5.38. The van der Waals surface area contributed by atoms with Crippen LogP contribution in [0.2, 0.25) is 0 Å². The molecule has 0 heterocycles. The topological polar surface area (TPSA) is 26.3 Å². The minimum Gasteiger partial charge on any atom is -0.462 e. The number of ether oxygens (including phenoxy) is 1. The van der Waals surface area contributed by atoms with Gasteiger partial charge in [0.25, 0.3) is 0 Å². The van der Waals surface area contributed by atoms with Gasteiger partial charge in [-0.25, -0.2) is 4.79 Å². The molecule has 2 heteroatoms. The van der Waals surface area contributed by atoms with Crippen molar-refractivity contribution < 1.29 is 9.53 Å². The number of rotatable bonds is 20. The fraction of sp³-hybridized carbons (Fsp3) is 0.633. The van der Waals surface area contributed by atoms with Crippen molar-refractivity contribution >= 4 is 12.0 Å². The Bertz CT molecular complexity index is 615. The van der Waals surface area contributed by atoms with Crippen LogP contribution < -0.4 is 0 Å². The van der Waals surface area contributed by atoms with Gasteiger partial charge in [-0.05, 0) is 18.9 Å². The van der Waals surface area contributed by atoms with E-state index in [1.165, 1.54) is 89.9 Å². The van der Waals surface area contributed by atoms with E-state index in [4.69, 9.17) is 4.74 Å². The molecule has 1 aromatic carbocycles. The maximum absolute atomic E-state index is 12.0. The number of hydrogen-bond donors (Lipinski definition) is 0. The van der Waals surface area contributed by atoms with Gasteiger partial charge in [-0.3, -0.25) is 0 Å². The lowest BCUT2D eigenvalue weighted by atomic mass is 10.0. The molecule has 180 valence electrons. The summed E-state index contributed by atoms with van der Waals surface area (Å²) in [6.07, 6.45) is 27.3. The molecule has 0 aliphatic rings. The van der Waals surface area contributed by atoms with Crippen molar-refractivity contribution in [2.45, 2.75) is 117 Å². The molecular formula is C30H48O2. The monoisotopic (exact) mass is 440 g/mol. The molecule has 0 aromatic heterocycles. The van der Waals surface area contributed by atoms with E-state index in [0.29, 0.717) is 12.2 Å². The van der Waals surface area contributed by atoms with Gasteiger partial charge in [0.2, 0.25) is 0 Å². The molecule has 0 spiro atoms. The lowest BCUT2D eigenvalue weighted by Gasteiger charge is -2.05. The summed E-state index contributed by atoms with van der Waals surface area (Å²) in [6.45, 7) is 4.63. The third-order valence-corrected chi connectivity index (χ3v) is 5.99. The second kappa shape index (κ2) is 21.0. The Morgan fingerprint density at radius 1 is 0.719 bits per heavy atom. The number of allylic oxidation sites excluding steroid dienone is 2. The highest BCUT2D eigenvalue weighted by Gasteiger charge is 2.04. The molecule has 0 atom stereocenters. The SMILES string of the molecule is CCCCCCCCCCCCCCCCCCOC(=O)C(C)=CC=Cc1ccccc1. The summed E-state index contributed by atoms with van der Waals surface area (Å²) >= 11 is 0. The predicted octanol–water partition coefficient (Wildman–Crippen LogP) is 9.45. The van der Waals surface area contributed by atoms with Crippen LogP contribution in [0.5, 0.6) is 0 Å². The Morgan fingerprint density at radius 3 is 1.69 bits per heavy atom. The number of esters is 1. The van der Waals surface area contributed by atoms with Crippen LogP contribution in [0.3, 0.4) is 0 Å². The van der Waals surface area contributed by atoms with Gasteiger partial charge in [-0.1, -0.05) is 152 Å². The van der Waals surface area contributed by atoms with Crippen LogP contribution in [0.1, 0.15) is 122 Å². The zero-order valence-corrected chi connectivity index (χ0v) is 21.0. The lowest BCUT2D eigenvalue weighted by molar-refractivity contribution is -0.139. The fourth-order valence-electron chi connectivity index (χ4n) is 3.86. The van der Waals surface area contributed by atoms with Gasteiger partial charge in [0, 0.05) is 5.57 Å². The van der Waals surface area contributed by atoms with Crippen molar-refractivity contribution in [1.82, 2.24) is 0 Å². The van der Waals surface area contributed by atoms with E-state index in [-0.39, 0.29) is 5.97 Å². The van der Waals surface area contributed by atoms with E-state index in [2.05, 4.69) is 6.92 Å². The van der Waals surface area contributed by atoms with Crippen LogP contribution in [0, 0.1) is 0 Å². The highest BCUT2D eigenvalue weighted by atomic mass is 16.5. The number of benzene rings is 1. The molecule has 0 aliphatic heterocycles. The van der Waals surface area contributed by atoms with Gasteiger partial charge in [-0.2, -0.15) is 0 Å². The second-order valence-corrected chi connectivity index (χ2v) is 9.06. The lowest BCUT2D eigenvalue weighted by Crippen LogP contribution is -2.06. The van der Waals surface area contributed by atoms with Gasteiger partial charge in [0.15, 0.2) is 0 Å². The first-order valence-electron chi connectivity index (χ1n) is 13.3. The van der Waals surface area contributed by atoms with E-state index in [0.717, 1.165) is 18.4 Å². The van der Waals surface area contributed by atoms with Gasteiger partial charge in [0.1, 0.15) is 0 Å². The van der Waals surface area contributed by atoms with Gasteiger partial charge in [0.05, 0.1) is 6.61 Å². The molecular weight excluding hydrogens is 392 g/mol. The van der Waals surface area contributed by atoms with Gasteiger partial charge in [-0.15, -0.1) is 0 Å². The normalized spacial score (nSPS) is 11.9. The first-order chi connectivity index (χ1) is 15.7. The molecule has 0 saturated heterocycles. The Morgan fingerprint density at radius 2 is 1.19 bits per heavy atom. The number of hydrogen-bond acceptors (Lipinski definition) is 2. The molecule has 1 aromatic rings. The van der Waals surface area contributed by atoms with E-state index < -0.39 is 0 Å². The zero-order valence-electron chi connectivity index (χ0n) is 21.0. The van der Waals surface area contributed by atoms with Crippen LogP contribution in [0.4, 0.5) is 0 Å². The van der Waals surface area contributed by atoms with E-state index in [9.17, 15) is 4.79 Å². The first-order valence-corrected chi connectivity index (χ1v) is 13.3. The van der Waals surface area contributed by atoms with Gasteiger partial charge >= 0.3 is 5.97 Å². The van der Waals surface area contributed by atoms with E-state index >= 15 is 0 Å². The van der Waals surface area contributed by atoms with Crippen LogP contribution in [0.15, 0.2) is 48.1 Å². The third-order valence-electron chi connectivity index (χ3n) is 5.99. The van der Waals surface area contributed by atoms with Crippen molar-refractivity contribution in [1.29, 1.82) is 0 Å². The predicted molar refractivity (Wildman–Crippen MR) is 140 cm³/mol. The van der Waals surface area contributed by atoms with Crippen molar-refractivity contribution in [3.63, 3.8) is 0 Å². The largest absolute Gasteiger partial charge is 0.462 e. The Labute approximate surface area is 198 Å². The third kappa shape index (κ3) is 16.8. The summed E-state index contributed by atoms with van der Waals surface area (Å²) in [5.41, 5.74) is 1.77. The smallest absolute Gasteiger partial charge is 0.333 e. The Hall–Kier alpha value is -1.83. The fourth-order valence-corrected chi connectivity index (χ4v) is 3.86. The summed E-state index contributed by atoms with van der Waals surface area (Å²) in [7, 11) is 0. The van der Waals surface area contributed by atoms with Crippen LogP contribution >= 0.6 is 0 Å². The Kier molecular flexibility index (Phi) is 18.5. The minimum absolute atomic E-state index is 0.205. The molecule has 0 aliphatic carbocycles. The molecule has 0 amide bonds. The first kappa shape index (κ1) is 28.2. The van der Waals surface area contributed by atoms with Crippen molar-refractivity contribution in [3.05, 3.63) is 53.6 Å². The molecule has 0 saturated carbocycles. The van der Waals surface area contributed by atoms with Crippen LogP contribution in [-0.4, -0.2) is 12.6 Å². The maximum Gasteiger partial charge on any atom is 0.333 e. The summed E-state index contributed by atoms with van der Waals surface area (Å²) in [5, 5.41) is 0. The molecule has 32 heavy (non-hydrogen) atoms. The minimum atomic E-state index is -0.205. The average Bonchev–Trinajstić information content (AvgIpc) is 2.81. The molecule has 0 fully saturated rings. The highest BCUT2D eigenvalue weighted by molar-refractivity contribution is 5.88. The highest BCUT2D eigenvalue weighted by Crippen LogP contribution is 2.14. The molecule has 0 N–H and O–H groups in total. The molecule has 2 nitrogen and oxygen atoms in total. The van der Waals surface area contributed by atoms with Crippen LogP contribution in [0.25, 0.3) is 6.08 Å². The van der Waals surface area contributed by atoms with Crippen LogP contribution in [-0.2, 0) is 9.53 Å². The van der Waals surface area contributed by atoms with E-state index in [1.807, 2.05) is 55.5 Å². The van der Waals surface area contributed by atoms with E-state index in [1.54, 1.807) is 0 Å². The Balaban J connectivity index is 1.87. The average molecular weight is 441 g/mol. The quantitative estimate of drug-likeness (QED) is 0.0873. The number of carbonyl (C=O) groups excluding carboxylic acids is 1. The molecule has 1 rings (SSSR count). The van der Waals surface area contributed by atoms with Gasteiger partial charge < -0.3 is 4.74 Å². The second-order valence-electron chi connectivity index (χ2n) is 9.06.